The van der Waals surface area contributed by atoms with Gasteiger partial charge in [0.25, 0.3) is 0 Å². The van der Waals surface area contributed by atoms with E-state index in [0.29, 0.717) is 32.7 Å². The van der Waals surface area contributed by atoms with Crippen LogP contribution in [-0.4, -0.2) is 65.8 Å². The lowest BCUT2D eigenvalue weighted by atomic mass is 10.0. The first-order valence-electron chi connectivity index (χ1n) is 6.17. The number of amides is 2. The van der Waals surface area contributed by atoms with Crippen molar-refractivity contribution in [2.75, 3.05) is 33.4 Å². The minimum atomic E-state index is -0.831. The van der Waals surface area contributed by atoms with Crippen molar-refractivity contribution in [3.8, 4) is 0 Å². The van der Waals surface area contributed by atoms with Crippen molar-refractivity contribution in [1.82, 2.24) is 9.80 Å². The first kappa shape index (κ1) is 14.8. The Morgan fingerprint density at radius 1 is 1.44 bits per heavy atom. The zero-order valence-corrected chi connectivity index (χ0v) is 11.3. The van der Waals surface area contributed by atoms with E-state index in [9.17, 15) is 9.59 Å². The third kappa shape index (κ3) is 3.87. The van der Waals surface area contributed by atoms with E-state index >= 15 is 0 Å². The van der Waals surface area contributed by atoms with Gasteiger partial charge in [0, 0.05) is 26.6 Å². The third-order valence-corrected chi connectivity index (χ3v) is 3.09. The molecule has 0 bridgehead atoms. The molecule has 1 aliphatic rings. The van der Waals surface area contributed by atoms with E-state index in [1.807, 2.05) is 13.8 Å². The summed E-state index contributed by atoms with van der Waals surface area (Å²) in [5.74, 6) is -0.831. The number of carbonyl (C=O) groups is 2. The number of aliphatic carboxylic acids is 1. The Morgan fingerprint density at radius 3 is 2.67 bits per heavy atom. The molecule has 1 saturated heterocycles. The zero-order valence-electron chi connectivity index (χ0n) is 11.3. The van der Waals surface area contributed by atoms with Crippen molar-refractivity contribution in [2.45, 2.75) is 32.2 Å². The average Bonchev–Trinajstić information content (AvgIpc) is 2.27. The van der Waals surface area contributed by atoms with Crippen LogP contribution in [0, 0.1) is 0 Å². The van der Waals surface area contributed by atoms with Gasteiger partial charge in [0.15, 0.2) is 0 Å². The smallest absolute Gasteiger partial charge is 0.320 e. The number of nitrogens with zero attached hydrogens (tertiary/aromatic N) is 2. The molecule has 0 radical (unpaired) electrons. The van der Waals surface area contributed by atoms with Gasteiger partial charge in [-0.05, 0) is 20.3 Å². The summed E-state index contributed by atoms with van der Waals surface area (Å²) in [7, 11) is 1.70. The van der Waals surface area contributed by atoms with E-state index in [2.05, 4.69) is 0 Å². The van der Waals surface area contributed by atoms with Crippen molar-refractivity contribution in [3.63, 3.8) is 0 Å². The van der Waals surface area contributed by atoms with Crippen LogP contribution in [0.4, 0.5) is 4.79 Å². The molecule has 0 aromatic carbocycles. The van der Waals surface area contributed by atoms with Crippen LogP contribution in [0.5, 0.6) is 0 Å². The summed E-state index contributed by atoms with van der Waals surface area (Å²) >= 11 is 0. The Labute approximate surface area is 107 Å². The maximum Gasteiger partial charge on any atom is 0.320 e. The normalized spacial score (nSPS) is 18.5. The van der Waals surface area contributed by atoms with Crippen LogP contribution in [0.25, 0.3) is 0 Å². The van der Waals surface area contributed by atoms with Crippen LogP contribution in [0.2, 0.25) is 0 Å². The Kier molecular flexibility index (Phi) is 4.95. The van der Waals surface area contributed by atoms with Gasteiger partial charge in [-0.1, -0.05) is 0 Å². The van der Waals surface area contributed by atoms with Crippen LogP contribution >= 0.6 is 0 Å². The molecule has 104 valence electrons. The average molecular weight is 258 g/mol. The number of morpholine rings is 1. The molecule has 0 aromatic heterocycles. The SMILES string of the molecule is CN(CCCC(=O)O)C(=O)N1CCOCC1(C)C. The standard InChI is InChI=1S/C12H22N2O4/c1-12(2)9-18-8-7-14(12)11(17)13(3)6-4-5-10(15)16/h4-9H2,1-3H3,(H,15,16). The zero-order chi connectivity index (χ0) is 13.8. The van der Waals surface area contributed by atoms with Crippen molar-refractivity contribution in [1.29, 1.82) is 0 Å². The molecule has 6 nitrogen and oxygen atoms in total. The molecule has 0 aromatic rings. The Balaban J connectivity index is 2.49. The third-order valence-electron chi connectivity index (χ3n) is 3.09. The van der Waals surface area contributed by atoms with Crippen LogP contribution in [0.1, 0.15) is 26.7 Å². The second-order valence-corrected chi connectivity index (χ2v) is 5.22. The summed E-state index contributed by atoms with van der Waals surface area (Å²) in [6.07, 6.45) is 0.562. The van der Waals surface area contributed by atoms with Gasteiger partial charge in [-0.15, -0.1) is 0 Å². The number of hydrogen-bond donors (Lipinski definition) is 1. The fourth-order valence-electron chi connectivity index (χ4n) is 1.98. The molecule has 0 spiro atoms. The highest BCUT2D eigenvalue weighted by Crippen LogP contribution is 2.20. The lowest BCUT2D eigenvalue weighted by Crippen LogP contribution is -2.58. The van der Waals surface area contributed by atoms with Gasteiger partial charge in [0.05, 0.1) is 18.8 Å². The molecule has 0 unspecified atom stereocenters. The molecular formula is C12H22N2O4. The number of carbonyl (C=O) groups excluding carboxylic acids is 1. The first-order valence-corrected chi connectivity index (χ1v) is 6.17. The molecule has 18 heavy (non-hydrogen) atoms. The van der Waals surface area contributed by atoms with Gasteiger partial charge >= 0.3 is 12.0 Å². The summed E-state index contributed by atoms with van der Waals surface area (Å²) in [4.78, 5) is 26.0. The van der Waals surface area contributed by atoms with E-state index in [-0.39, 0.29) is 18.0 Å². The highest BCUT2D eigenvalue weighted by atomic mass is 16.5. The van der Waals surface area contributed by atoms with Crippen molar-refractivity contribution in [2.24, 2.45) is 0 Å². The van der Waals surface area contributed by atoms with Gasteiger partial charge in [0.1, 0.15) is 0 Å². The summed E-state index contributed by atoms with van der Waals surface area (Å²) in [6, 6.07) is -0.0614. The van der Waals surface area contributed by atoms with E-state index in [1.165, 1.54) is 0 Å². The Hall–Kier alpha value is -1.30. The Bertz CT molecular complexity index is 317. The molecule has 1 aliphatic heterocycles. The number of hydrogen-bond acceptors (Lipinski definition) is 3. The number of urea groups is 1. The topological polar surface area (TPSA) is 70.1 Å². The molecule has 1 heterocycles. The minimum Gasteiger partial charge on any atom is -0.481 e. The molecular weight excluding hydrogens is 236 g/mol. The van der Waals surface area contributed by atoms with Gasteiger partial charge in [-0.25, -0.2) is 4.79 Å². The molecule has 1 fully saturated rings. The molecule has 6 heteroatoms. The predicted molar refractivity (Wildman–Crippen MR) is 66.5 cm³/mol. The van der Waals surface area contributed by atoms with Gasteiger partial charge in [0.2, 0.25) is 0 Å². The van der Waals surface area contributed by atoms with Gasteiger partial charge < -0.3 is 19.6 Å². The van der Waals surface area contributed by atoms with Gasteiger partial charge in [-0.2, -0.15) is 0 Å². The van der Waals surface area contributed by atoms with Crippen molar-refractivity contribution in [3.05, 3.63) is 0 Å². The summed E-state index contributed by atoms with van der Waals surface area (Å²) in [5, 5.41) is 8.57. The lowest BCUT2D eigenvalue weighted by molar-refractivity contribution is -0.137. The molecule has 0 saturated carbocycles. The summed E-state index contributed by atoms with van der Waals surface area (Å²) in [5.41, 5.74) is -0.309. The second kappa shape index (κ2) is 6.04. The van der Waals surface area contributed by atoms with Crippen molar-refractivity contribution < 1.29 is 19.4 Å². The quantitative estimate of drug-likeness (QED) is 0.817. The van der Waals surface area contributed by atoms with Crippen LogP contribution in [0.3, 0.4) is 0 Å². The highest BCUT2D eigenvalue weighted by molar-refractivity contribution is 5.75. The summed E-state index contributed by atoms with van der Waals surface area (Å²) in [6.45, 7) is 6.05. The monoisotopic (exact) mass is 258 g/mol. The van der Waals surface area contributed by atoms with E-state index in [1.54, 1.807) is 16.8 Å². The van der Waals surface area contributed by atoms with Crippen molar-refractivity contribution >= 4 is 12.0 Å². The molecule has 2 amide bonds. The first-order chi connectivity index (χ1) is 8.34. The lowest BCUT2D eigenvalue weighted by Gasteiger charge is -2.43. The maximum absolute atomic E-state index is 12.2. The van der Waals surface area contributed by atoms with E-state index in [0.717, 1.165) is 0 Å². The van der Waals surface area contributed by atoms with Crippen LogP contribution < -0.4 is 0 Å². The number of rotatable bonds is 4. The van der Waals surface area contributed by atoms with E-state index in [4.69, 9.17) is 9.84 Å². The predicted octanol–water partition coefficient (Wildman–Crippen LogP) is 1.01. The number of ether oxygens (including phenoxy) is 1. The largest absolute Gasteiger partial charge is 0.481 e. The molecule has 0 aliphatic carbocycles. The van der Waals surface area contributed by atoms with Crippen LogP contribution in [-0.2, 0) is 9.53 Å². The van der Waals surface area contributed by atoms with Gasteiger partial charge in [-0.3, -0.25) is 4.79 Å². The highest BCUT2D eigenvalue weighted by Gasteiger charge is 2.35. The molecule has 0 atom stereocenters. The molecule has 1 N–H and O–H groups in total. The van der Waals surface area contributed by atoms with E-state index < -0.39 is 5.97 Å². The number of carboxylic acid groups (broad SMARTS) is 1. The van der Waals surface area contributed by atoms with Crippen LogP contribution in [0.15, 0.2) is 0 Å². The Morgan fingerprint density at radius 2 is 2.11 bits per heavy atom. The number of carboxylic acids is 1. The fourth-order valence-corrected chi connectivity index (χ4v) is 1.98. The maximum atomic E-state index is 12.2. The molecule has 1 rings (SSSR count). The summed E-state index contributed by atoms with van der Waals surface area (Å²) < 4.78 is 5.37. The fraction of sp³-hybridized carbons (Fsp3) is 0.833. The second-order valence-electron chi connectivity index (χ2n) is 5.22. The minimum absolute atomic E-state index is 0.0614.